The van der Waals surface area contributed by atoms with Gasteiger partial charge in [-0.15, -0.1) is 0 Å². The normalized spacial score (nSPS) is 24.3. The van der Waals surface area contributed by atoms with Crippen LogP contribution >= 0.6 is 0 Å². The largest absolute Gasteiger partial charge is 0.345 e. The molecule has 2 heterocycles. The summed E-state index contributed by atoms with van der Waals surface area (Å²) < 4.78 is 5.36. The highest BCUT2D eigenvalue weighted by Crippen LogP contribution is 2.31. The number of aromatic nitrogens is 2. The first-order valence-corrected chi connectivity index (χ1v) is 8.58. The van der Waals surface area contributed by atoms with Gasteiger partial charge in [-0.3, -0.25) is 4.79 Å². The second-order valence-electron chi connectivity index (χ2n) is 6.61. The second kappa shape index (κ2) is 7.22. The maximum Gasteiger partial charge on any atom is 0.248 e. The van der Waals surface area contributed by atoms with E-state index in [2.05, 4.69) is 20.8 Å². The molecule has 1 aromatic rings. The number of carbonyl (C=O) groups is 1. The number of hydrogen-bond acceptors (Lipinski definition) is 5. The highest BCUT2D eigenvalue weighted by molar-refractivity contribution is 5.76. The van der Waals surface area contributed by atoms with Crippen LogP contribution in [0.15, 0.2) is 4.52 Å². The summed E-state index contributed by atoms with van der Waals surface area (Å²) in [5.74, 6) is 1.81. The minimum atomic E-state index is -0.223. The van der Waals surface area contributed by atoms with Gasteiger partial charge in [-0.1, -0.05) is 24.4 Å². The first-order chi connectivity index (χ1) is 10.7. The first kappa shape index (κ1) is 15.5. The molecule has 2 aliphatic rings. The zero-order valence-corrected chi connectivity index (χ0v) is 13.3. The van der Waals surface area contributed by atoms with Crippen molar-refractivity contribution in [2.45, 2.75) is 76.3 Å². The Bertz CT molecular complexity index is 490. The van der Waals surface area contributed by atoms with Crippen LogP contribution in [0.5, 0.6) is 0 Å². The van der Waals surface area contributed by atoms with Gasteiger partial charge in [0.05, 0.1) is 0 Å². The highest BCUT2D eigenvalue weighted by atomic mass is 16.5. The molecule has 3 rings (SSSR count). The Balaban J connectivity index is 1.52. The Morgan fingerprint density at radius 1 is 1.32 bits per heavy atom. The van der Waals surface area contributed by atoms with Crippen LogP contribution in [0.2, 0.25) is 0 Å². The molecule has 0 bridgehead atoms. The molecular weight excluding hydrogens is 280 g/mol. The van der Waals surface area contributed by atoms with E-state index < -0.39 is 0 Å². The van der Waals surface area contributed by atoms with Gasteiger partial charge in [0.2, 0.25) is 11.8 Å². The fourth-order valence-corrected chi connectivity index (χ4v) is 3.47. The Hall–Kier alpha value is -1.43. The summed E-state index contributed by atoms with van der Waals surface area (Å²) in [6.07, 6.45) is 8.84. The molecule has 1 amide bonds. The minimum absolute atomic E-state index is 0.0457. The van der Waals surface area contributed by atoms with Gasteiger partial charge < -0.3 is 15.2 Å². The van der Waals surface area contributed by atoms with Gasteiger partial charge in [0.1, 0.15) is 6.04 Å². The monoisotopic (exact) mass is 306 g/mol. The van der Waals surface area contributed by atoms with Gasteiger partial charge in [-0.25, -0.2) is 0 Å². The second-order valence-corrected chi connectivity index (χ2v) is 6.61. The van der Waals surface area contributed by atoms with Crippen LogP contribution in [0.1, 0.15) is 82.0 Å². The van der Waals surface area contributed by atoms with Crippen molar-refractivity contribution in [2.24, 2.45) is 0 Å². The molecule has 2 atom stereocenters. The summed E-state index contributed by atoms with van der Waals surface area (Å²) in [7, 11) is 0. The molecule has 1 aliphatic carbocycles. The van der Waals surface area contributed by atoms with Crippen LogP contribution in [0.4, 0.5) is 0 Å². The Kier molecular flexibility index (Phi) is 5.08. The maximum atomic E-state index is 12.1. The van der Waals surface area contributed by atoms with Crippen LogP contribution in [0, 0.1) is 0 Å². The molecule has 0 aromatic carbocycles. The fourth-order valence-electron chi connectivity index (χ4n) is 3.47. The molecule has 2 unspecified atom stereocenters. The van der Waals surface area contributed by atoms with Crippen molar-refractivity contribution in [1.29, 1.82) is 0 Å². The zero-order chi connectivity index (χ0) is 15.4. The molecule has 122 valence electrons. The van der Waals surface area contributed by atoms with E-state index in [1.807, 2.05) is 6.92 Å². The van der Waals surface area contributed by atoms with E-state index in [1.54, 1.807) is 0 Å². The van der Waals surface area contributed by atoms with Gasteiger partial charge in [-0.05, 0) is 39.2 Å². The number of amides is 1. The molecule has 1 saturated carbocycles. The van der Waals surface area contributed by atoms with E-state index in [0.29, 0.717) is 24.3 Å². The van der Waals surface area contributed by atoms with E-state index in [-0.39, 0.29) is 11.9 Å². The van der Waals surface area contributed by atoms with Crippen molar-refractivity contribution < 1.29 is 9.32 Å². The Labute approximate surface area is 131 Å². The van der Waals surface area contributed by atoms with E-state index >= 15 is 0 Å². The summed E-state index contributed by atoms with van der Waals surface area (Å²) >= 11 is 0. The third-order valence-electron chi connectivity index (χ3n) is 4.77. The van der Waals surface area contributed by atoms with E-state index in [1.165, 1.54) is 19.3 Å². The Morgan fingerprint density at radius 3 is 2.86 bits per heavy atom. The quantitative estimate of drug-likeness (QED) is 0.873. The average molecular weight is 306 g/mol. The maximum absolute atomic E-state index is 12.1. The van der Waals surface area contributed by atoms with Gasteiger partial charge >= 0.3 is 0 Å². The van der Waals surface area contributed by atoms with Crippen molar-refractivity contribution in [3.8, 4) is 0 Å². The molecule has 2 fully saturated rings. The van der Waals surface area contributed by atoms with Gasteiger partial charge in [-0.2, -0.15) is 4.98 Å². The van der Waals surface area contributed by atoms with Gasteiger partial charge in [0.15, 0.2) is 5.82 Å². The van der Waals surface area contributed by atoms with Crippen LogP contribution in [-0.4, -0.2) is 28.6 Å². The van der Waals surface area contributed by atoms with Crippen LogP contribution in [0.3, 0.4) is 0 Å². The highest BCUT2D eigenvalue weighted by Gasteiger charge is 2.24. The lowest BCUT2D eigenvalue weighted by Crippen LogP contribution is -2.33. The summed E-state index contributed by atoms with van der Waals surface area (Å²) in [4.78, 5) is 16.6. The number of nitrogens with one attached hydrogen (secondary N) is 2. The van der Waals surface area contributed by atoms with Gasteiger partial charge in [0, 0.05) is 18.4 Å². The van der Waals surface area contributed by atoms with Crippen LogP contribution < -0.4 is 10.6 Å². The number of nitrogens with zero attached hydrogens (tertiary/aromatic N) is 2. The molecule has 1 aromatic heterocycles. The lowest BCUT2D eigenvalue weighted by molar-refractivity contribution is -0.122. The predicted molar refractivity (Wildman–Crippen MR) is 82.3 cm³/mol. The number of hydrogen-bond donors (Lipinski definition) is 2. The van der Waals surface area contributed by atoms with Gasteiger partial charge in [0.25, 0.3) is 0 Å². The molecule has 1 saturated heterocycles. The first-order valence-electron chi connectivity index (χ1n) is 8.58. The van der Waals surface area contributed by atoms with Crippen molar-refractivity contribution in [3.05, 3.63) is 11.7 Å². The van der Waals surface area contributed by atoms with E-state index in [9.17, 15) is 4.79 Å². The van der Waals surface area contributed by atoms with Crippen molar-refractivity contribution >= 4 is 5.91 Å². The third kappa shape index (κ3) is 3.85. The zero-order valence-electron chi connectivity index (χ0n) is 13.3. The molecule has 0 spiro atoms. The predicted octanol–water partition coefficient (Wildman–Crippen LogP) is 2.44. The Morgan fingerprint density at radius 2 is 2.14 bits per heavy atom. The topological polar surface area (TPSA) is 80.0 Å². The summed E-state index contributed by atoms with van der Waals surface area (Å²) in [6, 6.07) is 0.0893. The average Bonchev–Trinajstić information content (AvgIpc) is 3.19. The van der Waals surface area contributed by atoms with Crippen molar-refractivity contribution in [1.82, 2.24) is 20.8 Å². The molecule has 22 heavy (non-hydrogen) atoms. The molecular formula is C16H26N4O2. The molecule has 6 nitrogen and oxygen atoms in total. The molecule has 1 aliphatic heterocycles. The molecule has 6 heteroatoms. The summed E-state index contributed by atoms with van der Waals surface area (Å²) in [5, 5.41) is 10.4. The molecule has 0 radical (unpaired) electrons. The molecule has 2 N–H and O–H groups in total. The van der Waals surface area contributed by atoms with Crippen molar-refractivity contribution in [3.63, 3.8) is 0 Å². The SMILES string of the molecule is CC(NC(=O)CC1CCCN1)c1nc(C2CCCCC2)no1. The third-order valence-corrected chi connectivity index (χ3v) is 4.77. The van der Waals surface area contributed by atoms with Crippen LogP contribution in [0.25, 0.3) is 0 Å². The lowest BCUT2D eigenvalue weighted by atomic mass is 9.89. The van der Waals surface area contributed by atoms with E-state index in [0.717, 1.165) is 38.1 Å². The van der Waals surface area contributed by atoms with Crippen LogP contribution in [-0.2, 0) is 4.79 Å². The fraction of sp³-hybridized carbons (Fsp3) is 0.812. The van der Waals surface area contributed by atoms with E-state index in [4.69, 9.17) is 4.52 Å². The summed E-state index contributed by atoms with van der Waals surface area (Å²) in [6.45, 7) is 2.92. The standard InChI is InChI=1S/C16H26N4O2/c1-11(18-14(21)10-13-8-5-9-17-13)16-19-15(20-22-16)12-6-3-2-4-7-12/h11-13,17H,2-10H2,1H3,(H,18,21). The smallest absolute Gasteiger partial charge is 0.248 e. The van der Waals surface area contributed by atoms with Crippen molar-refractivity contribution in [2.75, 3.05) is 6.54 Å². The minimum Gasteiger partial charge on any atom is -0.345 e. The number of rotatable bonds is 5. The number of carbonyl (C=O) groups excluding carboxylic acids is 1. The lowest BCUT2D eigenvalue weighted by Gasteiger charge is -2.17. The summed E-state index contributed by atoms with van der Waals surface area (Å²) in [5.41, 5.74) is 0.